The van der Waals surface area contributed by atoms with Crippen molar-refractivity contribution in [2.45, 2.75) is 13.8 Å². The van der Waals surface area contributed by atoms with Crippen LogP contribution in [0.1, 0.15) is 13.8 Å². The molecule has 0 spiro atoms. The van der Waals surface area contributed by atoms with E-state index in [4.69, 9.17) is 19.8 Å². The normalized spacial score (nSPS) is 3.85. The second kappa shape index (κ2) is 42.6. The Balaban J connectivity index is -0.00000000800. The van der Waals surface area contributed by atoms with E-state index in [9.17, 15) is 0 Å². The van der Waals surface area contributed by atoms with Crippen LogP contribution in [-0.2, 0) is 27.0 Å². The molecule has 0 rings (SSSR count). The van der Waals surface area contributed by atoms with Gasteiger partial charge < -0.3 is 41.7 Å². The fourth-order valence-electron chi connectivity index (χ4n) is 0. The quantitative estimate of drug-likeness (QED) is 0.419. The maximum Gasteiger partial charge on any atom is 6.00 e. The maximum absolute atomic E-state index is 8.89. The number of carboxylic acid groups (broad SMARTS) is 2. The zero-order valence-corrected chi connectivity index (χ0v) is 8.11. The Hall–Kier alpha value is -0.688. The molecule has 0 aliphatic heterocycles. The third kappa shape index (κ3) is 2080. The van der Waals surface area contributed by atoms with Gasteiger partial charge >= 0.3 is 17.4 Å². The molecule has 0 aliphatic rings. The van der Waals surface area contributed by atoms with E-state index in [1.807, 2.05) is 0 Å². The second-order valence-corrected chi connectivity index (χ2v) is 0.983. The van der Waals surface area contributed by atoms with Gasteiger partial charge in [-0.1, -0.05) is 0 Å². The summed E-state index contributed by atoms with van der Waals surface area (Å²) in [5, 5.41) is 17.8. The Kier molecular flexibility index (Phi) is 183. The fraction of sp³-hybridized carbons (Fsp3) is 0.500. The standard InChI is InChI=1S/2C2H4O2.Cr.4H2O/c2*1-2(3)4;;;;;/h2*1H3,(H,3,4);;4*1H2/q;;+6;;;;/p-6. The second-order valence-electron chi connectivity index (χ2n) is 0.983. The average molecular weight is 238 g/mol. The van der Waals surface area contributed by atoms with Gasteiger partial charge in [0.05, 0.1) is 0 Å². The van der Waals surface area contributed by atoms with Crippen LogP contribution in [-0.4, -0.2) is 33.8 Å². The van der Waals surface area contributed by atoms with Crippen molar-refractivity contribution in [3.8, 4) is 0 Å². The number of rotatable bonds is 0. The molecule has 0 aliphatic carbocycles. The summed E-state index contributed by atoms with van der Waals surface area (Å²) in [4.78, 5) is 17.8. The molecule has 80 valence electrons. The van der Waals surface area contributed by atoms with Gasteiger partial charge in [-0.3, -0.25) is 0 Å². The smallest absolute Gasteiger partial charge is 0.870 e. The number of carboxylic acids is 2. The molecule has 0 amide bonds. The van der Waals surface area contributed by atoms with E-state index in [-0.39, 0.29) is 39.3 Å². The van der Waals surface area contributed by atoms with Gasteiger partial charge in [0.2, 0.25) is 0 Å². The first-order chi connectivity index (χ1) is 3.46. The largest absolute Gasteiger partial charge is 6.00 e. The van der Waals surface area contributed by atoms with E-state index in [1.165, 1.54) is 0 Å². The van der Waals surface area contributed by atoms with Crippen LogP contribution >= 0.6 is 0 Å². The Labute approximate surface area is 85.5 Å². The minimum atomic E-state index is -1.08. The minimum absolute atomic E-state index is 0. The molecule has 8 nitrogen and oxygen atoms in total. The summed E-state index contributed by atoms with van der Waals surface area (Å²) in [5.74, 6) is -2.17. The van der Waals surface area contributed by atoms with Gasteiger partial charge in [-0.15, -0.1) is 0 Å². The summed E-state index contributed by atoms with van der Waals surface area (Å²) in [6, 6.07) is 0. The van der Waals surface area contributed by atoms with Crippen LogP contribution in [0.2, 0.25) is 0 Å². The van der Waals surface area contributed by atoms with Gasteiger partial charge in [-0.25, -0.2) is 0 Å². The first kappa shape index (κ1) is 55.8. The number of hydrogen-bond acceptors (Lipinski definition) is 8. The molecule has 9 heteroatoms. The molecular weight excluding hydrogens is 228 g/mol. The third-order valence-corrected chi connectivity index (χ3v) is 0. The van der Waals surface area contributed by atoms with E-state index in [0.29, 0.717) is 0 Å². The summed E-state index contributed by atoms with van der Waals surface area (Å²) in [5.41, 5.74) is 0. The van der Waals surface area contributed by atoms with E-state index in [2.05, 4.69) is 0 Å². The zero-order chi connectivity index (χ0) is 7.15. The van der Waals surface area contributed by atoms with Gasteiger partial charge in [0.15, 0.2) is 0 Å². The summed E-state index contributed by atoms with van der Waals surface area (Å²) >= 11 is 0. The minimum Gasteiger partial charge on any atom is -0.870 e. The zero-order valence-electron chi connectivity index (χ0n) is 6.83. The summed E-state index contributed by atoms with van der Waals surface area (Å²) in [7, 11) is 0. The van der Waals surface area contributed by atoms with Crippen LogP contribution in [0, 0.1) is 0 Å². The van der Waals surface area contributed by atoms with Crippen molar-refractivity contribution in [3.63, 3.8) is 0 Å². The molecule has 0 fully saturated rings. The van der Waals surface area contributed by atoms with Crippen LogP contribution in [0.5, 0.6) is 0 Å². The Morgan fingerprint density at radius 3 is 0.769 bits per heavy atom. The molecule has 4 N–H and O–H groups in total. The SMILES string of the molecule is CC(=O)[O-].CC(=O)[O-].[Cr+6].[OH-].[OH-].[OH-].[OH-]. The van der Waals surface area contributed by atoms with E-state index in [1.54, 1.807) is 0 Å². The van der Waals surface area contributed by atoms with Crippen LogP contribution in [0.4, 0.5) is 0 Å². The Morgan fingerprint density at radius 2 is 0.769 bits per heavy atom. The van der Waals surface area contributed by atoms with Crippen molar-refractivity contribution in [1.82, 2.24) is 0 Å². The molecule has 0 aromatic rings. The van der Waals surface area contributed by atoms with Crippen molar-refractivity contribution in [2.24, 2.45) is 0 Å². The van der Waals surface area contributed by atoms with Crippen LogP contribution in [0.3, 0.4) is 0 Å². The predicted octanol–water partition coefficient (Wildman–Crippen LogP) is -3.20. The molecule has 0 unspecified atom stereocenters. The van der Waals surface area contributed by atoms with E-state index >= 15 is 0 Å². The molecule has 0 heterocycles. The molecule has 0 radical (unpaired) electrons. The molecule has 0 bridgehead atoms. The van der Waals surface area contributed by atoms with Crippen molar-refractivity contribution in [1.29, 1.82) is 0 Å². The van der Waals surface area contributed by atoms with Gasteiger partial charge in [0.25, 0.3) is 0 Å². The van der Waals surface area contributed by atoms with Crippen molar-refractivity contribution in [3.05, 3.63) is 0 Å². The van der Waals surface area contributed by atoms with Crippen molar-refractivity contribution < 1.29 is 59.1 Å². The van der Waals surface area contributed by atoms with Crippen LogP contribution < -0.4 is 10.2 Å². The predicted molar refractivity (Wildman–Crippen MR) is 29.1 cm³/mol. The van der Waals surface area contributed by atoms with Gasteiger partial charge in [0.1, 0.15) is 0 Å². The molecular formula is C4H10CrO8. The van der Waals surface area contributed by atoms with Gasteiger partial charge in [-0.2, -0.15) is 0 Å². The summed E-state index contributed by atoms with van der Waals surface area (Å²) < 4.78 is 0. The molecule has 0 atom stereocenters. The summed E-state index contributed by atoms with van der Waals surface area (Å²) in [6.45, 7) is 1.94. The van der Waals surface area contributed by atoms with E-state index < -0.39 is 11.9 Å². The van der Waals surface area contributed by atoms with Crippen LogP contribution in [0.15, 0.2) is 0 Å². The Bertz CT molecular complexity index is 74.1. The first-order valence-corrected chi connectivity index (χ1v) is 1.82. The first-order valence-electron chi connectivity index (χ1n) is 1.82. The van der Waals surface area contributed by atoms with Crippen molar-refractivity contribution in [2.75, 3.05) is 0 Å². The molecule has 0 saturated carbocycles. The molecule has 13 heavy (non-hydrogen) atoms. The number of carbonyl (C=O) groups is 2. The van der Waals surface area contributed by atoms with Gasteiger partial charge in [0, 0.05) is 11.9 Å². The molecule has 0 aromatic heterocycles. The topological polar surface area (TPSA) is 200 Å². The number of hydrogen-bond donors (Lipinski definition) is 0. The summed E-state index contributed by atoms with van der Waals surface area (Å²) in [6.07, 6.45) is 0. The fourth-order valence-corrected chi connectivity index (χ4v) is 0. The Morgan fingerprint density at radius 1 is 0.769 bits per heavy atom. The number of carbonyl (C=O) groups excluding carboxylic acids is 2. The molecule has 0 aromatic carbocycles. The van der Waals surface area contributed by atoms with Crippen molar-refractivity contribution >= 4 is 11.9 Å². The van der Waals surface area contributed by atoms with E-state index in [0.717, 1.165) is 13.8 Å². The van der Waals surface area contributed by atoms with Gasteiger partial charge in [-0.05, 0) is 13.8 Å². The monoisotopic (exact) mass is 238 g/mol. The maximum atomic E-state index is 8.89. The van der Waals surface area contributed by atoms with Crippen LogP contribution in [0.25, 0.3) is 0 Å². The molecule has 0 saturated heterocycles. The number of aliphatic carboxylic acids is 2. The average Bonchev–Trinajstić information content (AvgIpc) is 1.25. The third-order valence-electron chi connectivity index (χ3n) is 0.